The normalized spacial score (nSPS) is 13.7. The molecule has 1 aromatic carbocycles. The maximum Gasteiger partial charge on any atom is 0.326 e. The number of phenols is 1. The van der Waals surface area contributed by atoms with Crippen LogP contribution in [0.1, 0.15) is 25.8 Å². The van der Waals surface area contributed by atoms with Crippen LogP contribution in [0.3, 0.4) is 0 Å². The molecule has 11 heteroatoms. The Hall–Kier alpha value is -3.18. The van der Waals surface area contributed by atoms with Gasteiger partial charge in [-0.3, -0.25) is 14.4 Å². The van der Waals surface area contributed by atoms with Gasteiger partial charge in [0, 0.05) is 6.42 Å². The van der Waals surface area contributed by atoms with Crippen molar-refractivity contribution in [2.45, 2.75) is 44.8 Å². The molecule has 0 aliphatic heterocycles. The van der Waals surface area contributed by atoms with E-state index < -0.39 is 55.0 Å². The number of aliphatic hydroxyl groups excluding tert-OH is 1. The Labute approximate surface area is 180 Å². The molecular formula is C20H30N4O7. The zero-order chi connectivity index (χ0) is 23.6. The van der Waals surface area contributed by atoms with Crippen LogP contribution in [-0.4, -0.2) is 70.3 Å². The van der Waals surface area contributed by atoms with Crippen LogP contribution in [0.5, 0.6) is 5.75 Å². The van der Waals surface area contributed by atoms with E-state index in [9.17, 15) is 29.4 Å². The highest BCUT2D eigenvalue weighted by Gasteiger charge is 2.25. The van der Waals surface area contributed by atoms with Crippen LogP contribution < -0.4 is 21.7 Å². The number of hydrogen-bond acceptors (Lipinski definition) is 7. The summed E-state index contributed by atoms with van der Waals surface area (Å²) < 4.78 is 0. The van der Waals surface area contributed by atoms with E-state index in [1.165, 1.54) is 24.3 Å². The predicted octanol–water partition coefficient (Wildman–Crippen LogP) is -1.53. The lowest BCUT2D eigenvalue weighted by Gasteiger charge is -2.22. The first-order valence-electron chi connectivity index (χ1n) is 9.78. The second-order valence-electron chi connectivity index (χ2n) is 7.53. The topological polar surface area (TPSA) is 191 Å². The average molecular weight is 438 g/mol. The summed E-state index contributed by atoms with van der Waals surface area (Å²) in [5.74, 6) is -3.24. The first-order chi connectivity index (χ1) is 14.5. The van der Waals surface area contributed by atoms with Crippen LogP contribution in [-0.2, 0) is 25.6 Å². The Balaban J connectivity index is 2.66. The zero-order valence-corrected chi connectivity index (χ0v) is 17.5. The second kappa shape index (κ2) is 12.5. The van der Waals surface area contributed by atoms with Crippen molar-refractivity contribution in [1.82, 2.24) is 16.0 Å². The molecule has 3 amide bonds. The lowest BCUT2D eigenvalue weighted by molar-refractivity contribution is -0.141. The van der Waals surface area contributed by atoms with Crippen LogP contribution >= 0.6 is 0 Å². The van der Waals surface area contributed by atoms with Gasteiger partial charge in [-0.1, -0.05) is 26.0 Å². The van der Waals surface area contributed by atoms with Gasteiger partial charge >= 0.3 is 5.97 Å². The monoisotopic (exact) mass is 438 g/mol. The number of amides is 3. The van der Waals surface area contributed by atoms with Crippen molar-refractivity contribution in [3.05, 3.63) is 29.8 Å². The molecule has 11 nitrogen and oxygen atoms in total. The summed E-state index contributed by atoms with van der Waals surface area (Å²) in [5.41, 5.74) is 6.04. The van der Waals surface area contributed by atoms with Crippen LogP contribution in [0, 0.1) is 5.92 Å². The largest absolute Gasteiger partial charge is 0.508 e. The molecular weight excluding hydrogens is 408 g/mol. The number of carboxylic acids is 1. The Kier molecular flexibility index (Phi) is 10.4. The third-order valence-corrected chi connectivity index (χ3v) is 4.31. The molecule has 0 saturated carbocycles. The summed E-state index contributed by atoms with van der Waals surface area (Å²) in [4.78, 5) is 47.9. The second-order valence-corrected chi connectivity index (χ2v) is 7.53. The van der Waals surface area contributed by atoms with E-state index in [0.29, 0.717) is 5.56 Å². The van der Waals surface area contributed by atoms with Crippen LogP contribution in [0.25, 0.3) is 0 Å². The smallest absolute Gasteiger partial charge is 0.326 e. The number of benzene rings is 1. The Morgan fingerprint density at radius 1 is 1.00 bits per heavy atom. The zero-order valence-electron chi connectivity index (χ0n) is 17.5. The van der Waals surface area contributed by atoms with Gasteiger partial charge in [0.2, 0.25) is 17.7 Å². The molecule has 172 valence electrons. The number of aliphatic carboxylic acids is 1. The molecule has 0 saturated heterocycles. The molecule has 0 heterocycles. The number of nitrogens with two attached hydrogens (primary N) is 1. The Bertz CT molecular complexity index is 767. The van der Waals surface area contributed by atoms with Crippen molar-refractivity contribution in [2.75, 3.05) is 13.2 Å². The molecule has 1 rings (SSSR count). The number of aliphatic hydroxyl groups is 1. The number of carboxylic acid groups (broad SMARTS) is 1. The fourth-order valence-electron chi connectivity index (χ4n) is 2.67. The minimum Gasteiger partial charge on any atom is -0.508 e. The minimum atomic E-state index is -1.25. The number of aromatic hydroxyl groups is 1. The molecule has 31 heavy (non-hydrogen) atoms. The quantitative estimate of drug-likeness (QED) is 0.204. The maximum atomic E-state index is 12.4. The molecule has 0 bridgehead atoms. The van der Waals surface area contributed by atoms with E-state index in [0.717, 1.165) is 0 Å². The lowest BCUT2D eigenvalue weighted by Crippen LogP contribution is -2.54. The SMILES string of the molecule is CC(C)CC(NC(=O)C(N)CO)C(=O)NCC(=O)NC(Cc1ccc(O)cc1)C(=O)O. The third-order valence-electron chi connectivity index (χ3n) is 4.31. The molecule has 0 fully saturated rings. The summed E-state index contributed by atoms with van der Waals surface area (Å²) in [5, 5.41) is 34.7. The molecule has 0 aromatic heterocycles. The van der Waals surface area contributed by atoms with Crippen LogP contribution in [0.2, 0.25) is 0 Å². The number of carbonyl (C=O) groups excluding carboxylic acids is 3. The van der Waals surface area contributed by atoms with Gasteiger partial charge in [-0.15, -0.1) is 0 Å². The highest BCUT2D eigenvalue weighted by atomic mass is 16.4. The van der Waals surface area contributed by atoms with Gasteiger partial charge in [0.05, 0.1) is 13.2 Å². The third kappa shape index (κ3) is 9.45. The maximum absolute atomic E-state index is 12.4. The van der Waals surface area contributed by atoms with Gasteiger partial charge in [0.1, 0.15) is 23.9 Å². The summed E-state index contributed by atoms with van der Waals surface area (Å²) >= 11 is 0. The lowest BCUT2D eigenvalue weighted by atomic mass is 10.0. The Morgan fingerprint density at radius 2 is 1.61 bits per heavy atom. The number of nitrogens with one attached hydrogen (secondary N) is 3. The standard InChI is InChI=1S/C20H30N4O7/c1-11(2)7-15(24-18(28)14(21)10-25)19(29)22-9-17(27)23-16(20(30)31)8-12-3-5-13(26)6-4-12/h3-6,11,14-16,25-26H,7-10,21H2,1-2H3,(H,22,29)(H,23,27)(H,24,28)(H,30,31). The average Bonchev–Trinajstić information content (AvgIpc) is 2.71. The van der Waals surface area contributed by atoms with Crippen LogP contribution in [0.4, 0.5) is 0 Å². The predicted molar refractivity (Wildman–Crippen MR) is 111 cm³/mol. The molecule has 3 atom stereocenters. The summed E-state index contributed by atoms with van der Waals surface area (Å²) in [7, 11) is 0. The summed E-state index contributed by atoms with van der Waals surface area (Å²) in [6.45, 7) is 2.61. The minimum absolute atomic E-state index is 0.0135. The van der Waals surface area contributed by atoms with E-state index in [1.807, 2.05) is 13.8 Å². The first-order valence-corrected chi connectivity index (χ1v) is 9.78. The van der Waals surface area contributed by atoms with E-state index >= 15 is 0 Å². The van der Waals surface area contributed by atoms with Crippen molar-refractivity contribution in [3.63, 3.8) is 0 Å². The molecule has 8 N–H and O–H groups in total. The highest BCUT2D eigenvalue weighted by molar-refractivity contribution is 5.92. The van der Waals surface area contributed by atoms with Gasteiger partial charge in [0.25, 0.3) is 0 Å². The van der Waals surface area contributed by atoms with E-state index in [2.05, 4.69) is 16.0 Å². The van der Waals surface area contributed by atoms with Crippen molar-refractivity contribution in [3.8, 4) is 5.75 Å². The molecule has 3 unspecified atom stereocenters. The van der Waals surface area contributed by atoms with Crippen molar-refractivity contribution >= 4 is 23.7 Å². The fraction of sp³-hybridized carbons (Fsp3) is 0.500. The Morgan fingerprint density at radius 3 is 2.13 bits per heavy atom. The molecule has 1 aromatic rings. The van der Waals surface area contributed by atoms with Crippen LogP contribution in [0.15, 0.2) is 24.3 Å². The van der Waals surface area contributed by atoms with E-state index in [1.54, 1.807) is 0 Å². The van der Waals surface area contributed by atoms with Gasteiger partial charge < -0.3 is 37.0 Å². The molecule has 0 spiro atoms. The van der Waals surface area contributed by atoms with Crippen molar-refractivity contribution in [2.24, 2.45) is 11.7 Å². The number of carbonyl (C=O) groups is 4. The van der Waals surface area contributed by atoms with Gasteiger partial charge in [0.15, 0.2) is 0 Å². The van der Waals surface area contributed by atoms with E-state index in [4.69, 9.17) is 10.8 Å². The number of rotatable bonds is 12. The molecule has 0 radical (unpaired) electrons. The molecule has 0 aliphatic carbocycles. The fourth-order valence-corrected chi connectivity index (χ4v) is 2.67. The van der Waals surface area contributed by atoms with Crippen molar-refractivity contribution in [1.29, 1.82) is 0 Å². The number of hydrogen-bond donors (Lipinski definition) is 7. The van der Waals surface area contributed by atoms with Gasteiger partial charge in [-0.05, 0) is 30.0 Å². The van der Waals surface area contributed by atoms with Crippen molar-refractivity contribution < 1.29 is 34.5 Å². The summed E-state index contributed by atoms with van der Waals surface area (Å²) in [6.07, 6.45) is 0.260. The summed E-state index contributed by atoms with van der Waals surface area (Å²) in [6, 6.07) is 2.50. The highest BCUT2D eigenvalue weighted by Crippen LogP contribution is 2.11. The molecule has 0 aliphatic rings. The first kappa shape index (κ1) is 25.9. The number of phenolic OH excluding ortho intramolecular Hbond substituents is 1. The van der Waals surface area contributed by atoms with E-state index in [-0.39, 0.29) is 24.5 Å². The van der Waals surface area contributed by atoms with Gasteiger partial charge in [-0.25, -0.2) is 4.79 Å². The van der Waals surface area contributed by atoms with Gasteiger partial charge in [-0.2, -0.15) is 0 Å².